The van der Waals surface area contributed by atoms with Gasteiger partial charge >= 0.3 is 0 Å². The summed E-state index contributed by atoms with van der Waals surface area (Å²) in [5.74, 6) is -0.751. The first kappa shape index (κ1) is 15.5. The Morgan fingerprint density at radius 1 is 1.22 bits per heavy atom. The van der Waals surface area contributed by atoms with Crippen molar-refractivity contribution in [1.82, 2.24) is 0 Å². The van der Waals surface area contributed by atoms with Crippen molar-refractivity contribution >= 4 is 39.7 Å². The minimum atomic E-state index is -0.595. The Balaban J connectivity index is 2.14. The van der Waals surface area contributed by atoms with Gasteiger partial charge in [-0.2, -0.15) is 5.26 Å². The van der Waals surface area contributed by atoms with Crippen LogP contribution < -0.4 is 5.32 Å². The second kappa shape index (κ2) is 6.04. The van der Waals surface area contributed by atoms with Crippen molar-refractivity contribution in [3.05, 3.63) is 70.0 Å². The Morgan fingerprint density at radius 2 is 1.91 bits per heavy atom. The smallest absolute Gasteiger partial charge is 0.193 e. The number of nitrogens with one attached hydrogen (secondary N) is 1. The minimum absolute atomic E-state index is 0.296. The lowest BCUT2D eigenvalue weighted by atomic mass is 9.94. The summed E-state index contributed by atoms with van der Waals surface area (Å²) in [6.45, 7) is 0. The summed E-state index contributed by atoms with van der Waals surface area (Å²) in [6, 6.07) is 9.79. The zero-order valence-electron chi connectivity index (χ0n) is 11.6. The van der Waals surface area contributed by atoms with E-state index in [1.807, 2.05) is 6.07 Å². The van der Waals surface area contributed by atoms with Gasteiger partial charge < -0.3 is 5.32 Å². The normalized spacial score (nSPS) is 15.9. The topological polar surface area (TPSA) is 52.9 Å². The van der Waals surface area contributed by atoms with E-state index < -0.39 is 11.9 Å². The predicted octanol–water partition coefficient (Wildman–Crippen LogP) is 4.61. The average Bonchev–Trinajstić information content (AvgIpc) is 2.53. The molecule has 0 radical (unpaired) electrons. The fraction of sp³-hybridized carbons (Fsp3) is 0.0588. The number of ketones is 1. The summed E-state index contributed by atoms with van der Waals surface area (Å²) in [5.41, 5.74) is 1.62. The molecule has 0 saturated carbocycles. The molecule has 0 bridgehead atoms. The van der Waals surface area contributed by atoms with E-state index in [2.05, 4.69) is 5.32 Å². The minimum Gasteiger partial charge on any atom is -0.366 e. The molecule has 0 amide bonds. The molecule has 23 heavy (non-hydrogen) atoms. The number of carbonyl (C=O) groups excluding carboxylic acids is 1. The van der Waals surface area contributed by atoms with E-state index in [1.54, 1.807) is 6.07 Å². The molecule has 1 N–H and O–H groups in total. The summed E-state index contributed by atoms with van der Waals surface area (Å²) in [7, 11) is 0. The Kier molecular flexibility index (Phi) is 4.08. The van der Waals surface area contributed by atoms with Gasteiger partial charge in [-0.1, -0.05) is 23.2 Å². The van der Waals surface area contributed by atoms with Crippen LogP contribution in [0, 0.1) is 17.1 Å². The van der Waals surface area contributed by atoms with E-state index in [-0.39, 0.29) is 5.78 Å². The molecule has 0 aliphatic carbocycles. The van der Waals surface area contributed by atoms with E-state index in [4.69, 9.17) is 28.5 Å². The molecule has 0 aromatic heterocycles. The predicted molar refractivity (Wildman–Crippen MR) is 88.1 cm³/mol. The number of hydrogen-bond donors (Lipinski definition) is 1. The van der Waals surface area contributed by atoms with Crippen LogP contribution in [0.2, 0.25) is 5.02 Å². The first-order valence-corrected chi connectivity index (χ1v) is 7.43. The van der Waals surface area contributed by atoms with Crippen LogP contribution in [-0.4, -0.2) is 11.8 Å². The Hall–Kier alpha value is -2.35. The second-order valence-corrected chi connectivity index (χ2v) is 5.82. The largest absolute Gasteiger partial charge is 0.366 e. The zero-order valence-corrected chi connectivity index (χ0v) is 13.1. The number of anilines is 1. The van der Waals surface area contributed by atoms with Gasteiger partial charge in [0, 0.05) is 32.4 Å². The molecule has 3 nitrogen and oxygen atoms in total. The molecule has 6 heteroatoms. The first-order chi connectivity index (χ1) is 11.0. The molecule has 1 unspecified atom stereocenters. The first-order valence-electron chi connectivity index (χ1n) is 6.67. The van der Waals surface area contributed by atoms with Crippen LogP contribution in [0.4, 0.5) is 10.1 Å². The van der Waals surface area contributed by atoms with Crippen LogP contribution in [-0.2, 0) is 0 Å². The Labute approximate surface area is 141 Å². The molecule has 1 aliphatic heterocycles. The number of hydrogen-bond acceptors (Lipinski definition) is 3. The number of halogens is 3. The van der Waals surface area contributed by atoms with E-state index in [0.29, 0.717) is 32.4 Å². The van der Waals surface area contributed by atoms with Crippen molar-refractivity contribution in [1.29, 1.82) is 5.26 Å². The van der Waals surface area contributed by atoms with Crippen molar-refractivity contribution in [2.45, 2.75) is 6.04 Å². The van der Waals surface area contributed by atoms with Crippen molar-refractivity contribution in [3.63, 3.8) is 0 Å². The Bertz CT molecular complexity index is 869. The lowest BCUT2D eigenvalue weighted by Gasteiger charge is -2.22. The summed E-state index contributed by atoms with van der Waals surface area (Å²) in [6.07, 6.45) is 1.53. The van der Waals surface area contributed by atoms with Crippen molar-refractivity contribution in [2.75, 3.05) is 5.32 Å². The lowest BCUT2D eigenvalue weighted by Crippen LogP contribution is -2.21. The SMILES string of the molecule is N#CC1C=C(Cl)c2c(cc(Cl)cc2C(=O)c2ccc(F)cc2)N1. The van der Waals surface area contributed by atoms with Gasteiger partial charge in [-0.05, 0) is 42.5 Å². The van der Waals surface area contributed by atoms with Crippen molar-refractivity contribution in [2.24, 2.45) is 0 Å². The summed E-state index contributed by atoms with van der Waals surface area (Å²) in [4.78, 5) is 12.7. The maximum Gasteiger partial charge on any atom is 0.193 e. The number of fused-ring (bicyclic) bond motifs is 1. The average molecular weight is 347 g/mol. The van der Waals surface area contributed by atoms with Crippen LogP contribution in [0.5, 0.6) is 0 Å². The van der Waals surface area contributed by atoms with E-state index in [9.17, 15) is 9.18 Å². The molecule has 3 rings (SSSR count). The quantitative estimate of drug-likeness (QED) is 0.808. The number of rotatable bonds is 2. The monoisotopic (exact) mass is 346 g/mol. The van der Waals surface area contributed by atoms with Gasteiger partial charge in [-0.3, -0.25) is 4.79 Å². The van der Waals surface area contributed by atoms with E-state index in [1.165, 1.54) is 36.4 Å². The maximum absolute atomic E-state index is 13.0. The van der Waals surface area contributed by atoms with E-state index >= 15 is 0 Å². The molecule has 0 fully saturated rings. The molecule has 114 valence electrons. The molecule has 1 heterocycles. The fourth-order valence-electron chi connectivity index (χ4n) is 2.42. The highest BCUT2D eigenvalue weighted by atomic mass is 35.5. The molecule has 0 saturated heterocycles. The van der Waals surface area contributed by atoms with Gasteiger partial charge in [0.1, 0.15) is 11.9 Å². The standard InChI is InChI=1S/C17H9Cl2FN2O/c18-10-5-13(17(23)9-1-3-11(20)4-2-9)16-14(19)7-12(8-21)22-15(16)6-10/h1-7,12,22H. The maximum atomic E-state index is 13.0. The molecule has 1 atom stereocenters. The molecule has 2 aromatic rings. The second-order valence-electron chi connectivity index (χ2n) is 4.98. The van der Waals surface area contributed by atoms with Gasteiger partial charge in [-0.15, -0.1) is 0 Å². The third-order valence-corrected chi connectivity index (χ3v) is 3.99. The van der Waals surface area contributed by atoms with Crippen LogP contribution >= 0.6 is 23.2 Å². The Morgan fingerprint density at radius 3 is 2.57 bits per heavy atom. The third-order valence-electron chi connectivity index (χ3n) is 3.46. The molecule has 1 aliphatic rings. The van der Waals surface area contributed by atoms with Crippen molar-refractivity contribution < 1.29 is 9.18 Å². The molecule has 0 spiro atoms. The van der Waals surface area contributed by atoms with Crippen LogP contribution in [0.3, 0.4) is 0 Å². The number of carbonyl (C=O) groups is 1. The summed E-state index contributed by atoms with van der Waals surface area (Å²) >= 11 is 12.3. The fourth-order valence-corrected chi connectivity index (χ4v) is 2.97. The number of nitriles is 1. The van der Waals surface area contributed by atoms with Gasteiger partial charge in [0.15, 0.2) is 5.78 Å². The van der Waals surface area contributed by atoms with Crippen LogP contribution in [0.15, 0.2) is 42.5 Å². The molecule has 2 aromatic carbocycles. The molecular formula is C17H9Cl2FN2O. The van der Waals surface area contributed by atoms with Gasteiger partial charge in [0.05, 0.1) is 6.07 Å². The van der Waals surface area contributed by atoms with Gasteiger partial charge in [0.25, 0.3) is 0 Å². The van der Waals surface area contributed by atoms with Crippen molar-refractivity contribution in [3.8, 4) is 6.07 Å². The summed E-state index contributed by atoms with van der Waals surface area (Å²) < 4.78 is 13.0. The van der Waals surface area contributed by atoms with Crippen LogP contribution in [0.25, 0.3) is 5.03 Å². The lowest BCUT2D eigenvalue weighted by molar-refractivity contribution is 0.103. The highest BCUT2D eigenvalue weighted by Gasteiger charge is 2.25. The van der Waals surface area contributed by atoms with E-state index in [0.717, 1.165) is 0 Å². The van der Waals surface area contributed by atoms with Crippen LogP contribution in [0.1, 0.15) is 21.5 Å². The number of benzene rings is 2. The molecular weight excluding hydrogens is 338 g/mol. The third kappa shape index (κ3) is 2.94. The highest BCUT2D eigenvalue weighted by molar-refractivity contribution is 6.50. The van der Waals surface area contributed by atoms with Gasteiger partial charge in [-0.25, -0.2) is 4.39 Å². The van der Waals surface area contributed by atoms with Gasteiger partial charge in [0.2, 0.25) is 0 Å². The highest BCUT2D eigenvalue weighted by Crippen LogP contribution is 2.38. The number of nitrogens with zero attached hydrogens (tertiary/aromatic N) is 1. The zero-order chi connectivity index (χ0) is 16.6. The summed E-state index contributed by atoms with van der Waals surface area (Å²) in [5, 5.41) is 12.6.